The van der Waals surface area contributed by atoms with Crippen molar-refractivity contribution < 1.29 is 18.0 Å². The minimum atomic E-state index is -3.83. The number of hydrogen-bond donors (Lipinski definition) is 2. The molecule has 8 nitrogen and oxygen atoms in total. The Morgan fingerprint density at radius 2 is 1.78 bits per heavy atom. The number of nitrogens with zero attached hydrogens (tertiary/aromatic N) is 2. The maximum absolute atomic E-state index is 13.2. The summed E-state index contributed by atoms with van der Waals surface area (Å²) < 4.78 is 22.8. The van der Waals surface area contributed by atoms with Gasteiger partial charge in [0.15, 0.2) is 5.78 Å². The molecular weight excluding hydrogens is 496 g/mol. The van der Waals surface area contributed by atoms with Crippen LogP contribution in [0.1, 0.15) is 41.9 Å². The standard InChI is InChI=1S/C26H24N4O4S2/c1-26(2)12-20-24(21(31)13-26)23(16-6-4-3-5-7-16)19(14-27)25(30-20)35-15-22(32)29-17-8-10-18(11-9-17)36(28,33)34/h3-11H,12-13,15H2,1-2H3,(H,29,32)(H2,28,33,34). The quantitative estimate of drug-likeness (QED) is 0.465. The average molecular weight is 521 g/mol. The zero-order chi connectivity index (χ0) is 26.1. The smallest absolute Gasteiger partial charge is 0.238 e. The molecule has 10 heteroatoms. The van der Waals surface area contributed by atoms with Gasteiger partial charge in [-0.15, -0.1) is 0 Å². The minimum Gasteiger partial charge on any atom is -0.325 e. The van der Waals surface area contributed by atoms with Crippen LogP contribution in [0.15, 0.2) is 64.5 Å². The molecule has 0 spiro atoms. The van der Waals surface area contributed by atoms with E-state index >= 15 is 0 Å². The maximum atomic E-state index is 13.2. The van der Waals surface area contributed by atoms with Crippen LogP contribution in [0.2, 0.25) is 0 Å². The van der Waals surface area contributed by atoms with Crippen molar-refractivity contribution in [3.63, 3.8) is 0 Å². The fourth-order valence-corrected chi connectivity index (χ4v) is 5.56. The molecule has 184 valence electrons. The number of anilines is 1. The molecule has 2 aromatic carbocycles. The highest BCUT2D eigenvalue weighted by Crippen LogP contribution is 2.42. The van der Waals surface area contributed by atoms with E-state index in [2.05, 4.69) is 11.4 Å². The average Bonchev–Trinajstić information content (AvgIpc) is 2.81. The lowest BCUT2D eigenvalue weighted by molar-refractivity contribution is -0.113. The first-order chi connectivity index (χ1) is 17.0. The summed E-state index contributed by atoms with van der Waals surface area (Å²) in [4.78, 5) is 30.4. The normalized spacial score (nSPS) is 14.6. The molecule has 0 fully saturated rings. The second-order valence-electron chi connectivity index (χ2n) is 9.31. The van der Waals surface area contributed by atoms with Crippen molar-refractivity contribution in [2.45, 2.75) is 36.6 Å². The van der Waals surface area contributed by atoms with Crippen LogP contribution in [0.25, 0.3) is 11.1 Å². The number of amides is 1. The summed E-state index contributed by atoms with van der Waals surface area (Å²) in [6.07, 6.45) is 0.946. The molecule has 0 aliphatic heterocycles. The van der Waals surface area contributed by atoms with E-state index in [1.54, 1.807) is 0 Å². The van der Waals surface area contributed by atoms with Crippen molar-refractivity contribution in [1.82, 2.24) is 4.98 Å². The van der Waals surface area contributed by atoms with Crippen LogP contribution in [0, 0.1) is 16.7 Å². The van der Waals surface area contributed by atoms with Crippen LogP contribution in [0.3, 0.4) is 0 Å². The summed E-state index contributed by atoms with van der Waals surface area (Å²) in [6.45, 7) is 4.02. The van der Waals surface area contributed by atoms with Gasteiger partial charge >= 0.3 is 0 Å². The lowest BCUT2D eigenvalue weighted by atomic mass is 9.73. The molecule has 0 radical (unpaired) electrons. The summed E-state index contributed by atoms with van der Waals surface area (Å²) in [5.41, 5.74) is 2.85. The van der Waals surface area contributed by atoms with Crippen molar-refractivity contribution in [1.29, 1.82) is 5.26 Å². The first-order valence-electron chi connectivity index (χ1n) is 11.1. The predicted octanol–water partition coefficient (Wildman–Crippen LogP) is 4.15. The Balaban J connectivity index is 1.65. The van der Waals surface area contributed by atoms with Crippen LogP contribution in [-0.2, 0) is 21.2 Å². The second kappa shape index (κ2) is 9.85. The summed E-state index contributed by atoms with van der Waals surface area (Å²) in [5, 5.41) is 18.3. The number of nitrogens with two attached hydrogens (primary N) is 1. The van der Waals surface area contributed by atoms with Crippen LogP contribution >= 0.6 is 11.8 Å². The lowest BCUT2D eigenvalue weighted by Crippen LogP contribution is -2.29. The van der Waals surface area contributed by atoms with Gasteiger partial charge in [0.2, 0.25) is 15.9 Å². The molecule has 1 aliphatic carbocycles. The number of fused-ring (bicyclic) bond motifs is 1. The lowest BCUT2D eigenvalue weighted by Gasteiger charge is -2.31. The third-order valence-electron chi connectivity index (χ3n) is 5.78. The van der Waals surface area contributed by atoms with Gasteiger partial charge in [-0.25, -0.2) is 18.5 Å². The van der Waals surface area contributed by atoms with E-state index in [1.807, 2.05) is 44.2 Å². The number of Topliss-reactive ketones (excluding diaryl/α,β-unsaturated/α-hetero) is 1. The summed E-state index contributed by atoms with van der Waals surface area (Å²) in [6, 6.07) is 17.0. The second-order valence-corrected chi connectivity index (χ2v) is 11.8. The molecule has 3 N–H and O–H groups in total. The first kappa shape index (κ1) is 25.6. The van der Waals surface area contributed by atoms with Crippen LogP contribution in [0.4, 0.5) is 5.69 Å². The van der Waals surface area contributed by atoms with Crippen molar-refractivity contribution in [3.8, 4) is 17.2 Å². The van der Waals surface area contributed by atoms with Gasteiger partial charge in [0.1, 0.15) is 11.1 Å². The topological polar surface area (TPSA) is 143 Å². The molecule has 0 unspecified atom stereocenters. The number of benzene rings is 2. The van der Waals surface area contributed by atoms with Crippen LogP contribution in [0.5, 0.6) is 0 Å². The first-order valence-corrected chi connectivity index (χ1v) is 13.6. The Kier molecular flexibility index (Phi) is 7.00. The van der Waals surface area contributed by atoms with Gasteiger partial charge in [-0.1, -0.05) is 55.9 Å². The van der Waals surface area contributed by atoms with Gasteiger partial charge in [-0.2, -0.15) is 5.26 Å². The fraction of sp³-hybridized carbons (Fsp3) is 0.231. The van der Waals surface area contributed by atoms with E-state index in [-0.39, 0.29) is 33.3 Å². The Hall–Kier alpha value is -3.52. The maximum Gasteiger partial charge on any atom is 0.238 e. The molecule has 1 heterocycles. The molecule has 3 aromatic rings. The largest absolute Gasteiger partial charge is 0.325 e. The number of carbonyl (C=O) groups is 2. The SMILES string of the molecule is CC1(C)CC(=O)c2c(nc(SCC(=O)Nc3ccc(S(N)(=O)=O)cc3)c(C#N)c2-c2ccccc2)C1. The van der Waals surface area contributed by atoms with Crippen molar-refractivity contribution in [2.24, 2.45) is 10.6 Å². The molecule has 1 aromatic heterocycles. The molecular formula is C26H24N4O4S2. The Labute approximate surface area is 214 Å². The van der Waals surface area contributed by atoms with E-state index in [9.17, 15) is 23.3 Å². The third kappa shape index (κ3) is 5.49. The molecule has 0 saturated heterocycles. The van der Waals surface area contributed by atoms with Gasteiger partial charge < -0.3 is 5.32 Å². The molecule has 4 rings (SSSR count). The Morgan fingerprint density at radius 1 is 1.11 bits per heavy atom. The van der Waals surface area contributed by atoms with Gasteiger partial charge in [-0.3, -0.25) is 9.59 Å². The number of rotatable bonds is 6. The predicted molar refractivity (Wildman–Crippen MR) is 138 cm³/mol. The van der Waals surface area contributed by atoms with E-state index < -0.39 is 10.0 Å². The zero-order valence-electron chi connectivity index (χ0n) is 19.7. The molecule has 1 aliphatic rings. The highest BCUT2D eigenvalue weighted by atomic mass is 32.2. The number of sulfonamides is 1. The number of thioether (sulfide) groups is 1. The number of pyridine rings is 1. The zero-order valence-corrected chi connectivity index (χ0v) is 21.4. The third-order valence-corrected chi connectivity index (χ3v) is 7.69. The highest BCUT2D eigenvalue weighted by Gasteiger charge is 2.36. The fourth-order valence-electron chi connectivity index (χ4n) is 4.24. The van der Waals surface area contributed by atoms with Crippen molar-refractivity contribution in [3.05, 3.63) is 71.4 Å². The number of nitrogens with one attached hydrogen (secondary N) is 1. The van der Waals surface area contributed by atoms with Crippen LogP contribution in [-0.4, -0.2) is 30.8 Å². The minimum absolute atomic E-state index is 0.0387. The molecule has 0 saturated carbocycles. The molecule has 36 heavy (non-hydrogen) atoms. The van der Waals surface area contributed by atoms with E-state index in [0.717, 1.165) is 17.3 Å². The van der Waals surface area contributed by atoms with Gasteiger partial charge in [0, 0.05) is 23.2 Å². The summed E-state index contributed by atoms with van der Waals surface area (Å²) in [5.74, 6) is -0.436. The van der Waals surface area contributed by atoms with Crippen molar-refractivity contribution in [2.75, 3.05) is 11.1 Å². The van der Waals surface area contributed by atoms with E-state index in [0.29, 0.717) is 40.4 Å². The monoisotopic (exact) mass is 520 g/mol. The number of nitriles is 1. The van der Waals surface area contributed by atoms with Crippen LogP contribution < -0.4 is 10.5 Å². The van der Waals surface area contributed by atoms with Crippen molar-refractivity contribution >= 4 is 39.2 Å². The highest BCUT2D eigenvalue weighted by molar-refractivity contribution is 8.00. The number of aromatic nitrogens is 1. The van der Waals surface area contributed by atoms with Gasteiger partial charge in [-0.05, 0) is 41.7 Å². The summed E-state index contributed by atoms with van der Waals surface area (Å²) >= 11 is 1.12. The van der Waals surface area contributed by atoms with Gasteiger partial charge in [0.05, 0.1) is 21.9 Å². The van der Waals surface area contributed by atoms with E-state index in [4.69, 9.17) is 10.1 Å². The number of hydrogen-bond acceptors (Lipinski definition) is 7. The molecule has 1 amide bonds. The van der Waals surface area contributed by atoms with E-state index in [1.165, 1.54) is 24.3 Å². The molecule has 0 bridgehead atoms. The van der Waals surface area contributed by atoms with Gasteiger partial charge in [0.25, 0.3) is 0 Å². The Morgan fingerprint density at radius 3 is 2.39 bits per heavy atom. The molecule has 0 atom stereocenters. The number of ketones is 1. The number of primary sulfonamides is 1. The number of carbonyl (C=O) groups excluding carboxylic acids is 2. The summed E-state index contributed by atoms with van der Waals surface area (Å²) in [7, 11) is -3.83. The Bertz CT molecular complexity index is 1490.